The molecule has 0 saturated heterocycles. The fraction of sp³-hybridized carbons (Fsp3) is 0.250. The number of amides is 1. The molecule has 0 aliphatic carbocycles. The van der Waals surface area contributed by atoms with Crippen molar-refractivity contribution in [2.24, 2.45) is 0 Å². The standard InChI is InChI=1S/C20H19N3O5/c1-12(20-22-18(23-28-20)13-3-6-15(25-2)7-4-13)21-19(24)14-5-8-16-17(11-14)27-10-9-26-16/h3-8,11-12H,9-10H2,1-2H3,(H,21,24)/t12-/m0/s1. The Morgan fingerprint density at radius 2 is 1.86 bits per heavy atom. The van der Waals surface area contributed by atoms with E-state index in [1.807, 2.05) is 24.3 Å². The van der Waals surface area contributed by atoms with Gasteiger partial charge in [-0.15, -0.1) is 0 Å². The molecule has 1 atom stereocenters. The van der Waals surface area contributed by atoms with Gasteiger partial charge in [-0.05, 0) is 49.4 Å². The molecule has 1 aliphatic rings. The number of fused-ring (bicyclic) bond motifs is 1. The maximum atomic E-state index is 12.6. The molecular weight excluding hydrogens is 362 g/mol. The van der Waals surface area contributed by atoms with E-state index in [0.717, 1.165) is 11.3 Å². The molecule has 0 spiro atoms. The van der Waals surface area contributed by atoms with E-state index >= 15 is 0 Å². The van der Waals surface area contributed by atoms with Crippen LogP contribution in [0, 0.1) is 0 Å². The molecule has 0 radical (unpaired) electrons. The van der Waals surface area contributed by atoms with Crippen molar-refractivity contribution >= 4 is 5.91 Å². The highest BCUT2D eigenvalue weighted by Gasteiger charge is 2.20. The minimum absolute atomic E-state index is 0.270. The number of methoxy groups -OCH3 is 1. The maximum absolute atomic E-state index is 12.6. The first-order valence-corrected chi connectivity index (χ1v) is 8.82. The van der Waals surface area contributed by atoms with Gasteiger partial charge in [-0.1, -0.05) is 5.16 Å². The third kappa shape index (κ3) is 3.62. The van der Waals surface area contributed by atoms with Gasteiger partial charge in [0.15, 0.2) is 11.5 Å². The Bertz CT molecular complexity index is 984. The van der Waals surface area contributed by atoms with Crippen molar-refractivity contribution < 1.29 is 23.5 Å². The normalized spacial score (nSPS) is 13.6. The second kappa shape index (κ2) is 7.59. The number of nitrogens with zero attached hydrogens (tertiary/aromatic N) is 2. The van der Waals surface area contributed by atoms with Gasteiger partial charge >= 0.3 is 0 Å². The number of ether oxygens (including phenoxy) is 3. The van der Waals surface area contributed by atoms with Gasteiger partial charge in [0.1, 0.15) is 25.0 Å². The summed E-state index contributed by atoms with van der Waals surface area (Å²) in [6.07, 6.45) is 0. The van der Waals surface area contributed by atoms with Gasteiger partial charge < -0.3 is 24.1 Å². The van der Waals surface area contributed by atoms with E-state index in [9.17, 15) is 4.79 Å². The highest BCUT2D eigenvalue weighted by Crippen LogP contribution is 2.31. The molecule has 8 heteroatoms. The zero-order valence-electron chi connectivity index (χ0n) is 15.5. The Morgan fingerprint density at radius 1 is 1.11 bits per heavy atom. The number of hydrogen-bond acceptors (Lipinski definition) is 7. The first-order chi connectivity index (χ1) is 13.6. The number of carbonyl (C=O) groups excluding carboxylic acids is 1. The topological polar surface area (TPSA) is 95.7 Å². The average molecular weight is 381 g/mol. The summed E-state index contributed by atoms with van der Waals surface area (Å²) >= 11 is 0. The molecule has 0 fully saturated rings. The van der Waals surface area contributed by atoms with Crippen molar-refractivity contribution in [1.82, 2.24) is 15.5 Å². The van der Waals surface area contributed by atoms with Crippen molar-refractivity contribution in [2.75, 3.05) is 20.3 Å². The largest absolute Gasteiger partial charge is 0.497 e. The molecule has 0 bridgehead atoms. The van der Waals surface area contributed by atoms with Crippen LogP contribution in [0.2, 0.25) is 0 Å². The predicted octanol–water partition coefficient (Wildman–Crippen LogP) is 3.01. The summed E-state index contributed by atoms with van der Waals surface area (Å²) in [4.78, 5) is 16.9. The summed E-state index contributed by atoms with van der Waals surface area (Å²) in [7, 11) is 1.60. The minimum atomic E-state index is -0.458. The van der Waals surface area contributed by atoms with Crippen LogP contribution in [0.25, 0.3) is 11.4 Å². The molecular formula is C20H19N3O5. The summed E-state index contributed by atoms with van der Waals surface area (Å²) in [5.41, 5.74) is 1.26. The van der Waals surface area contributed by atoms with Gasteiger partial charge in [-0.2, -0.15) is 4.98 Å². The van der Waals surface area contributed by atoms with Crippen LogP contribution >= 0.6 is 0 Å². The zero-order chi connectivity index (χ0) is 19.5. The summed E-state index contributed by atoms with van der Waals surface area (Å²) in [5, 5.41) is 6.84. The zero-order valence-corrected chi connectivity index (χ0v) is 15.5. The van der Waals surface area contributed by atoms with E-state index in [1.54, 1.807) is 32.2 Å². The molecule has 2 heterocycles. The number of aromatic nitrogens is 2. The lowest BCUT2D eigenvalue weighted by Gasteiger charge is -2.19. The number of hydrogen-bond donors (Lipinski definition) is 1. The van der Waals surface area contributed by atoms with Gasteiger partial charge in [0.2, 0.25) is 11.7 Å². The van der Waals surface area contributed by atoms with Crippen molar-refractivity contribution in [3.05, 3.63) is 53.9 Å². The maximum Gasteiger partial charge on any atom is 0.252 e. The van der Waals surface area contributed by atoms with E-state index in [-0.39, 0.29) is 5.91 Å². The quantitative estimate of drug-likeness (QED) is 0.726. The number of rotatable bonds is 5. The number of carbonyl (C=O) groups is 1. The summed E-state index contributed by atoms with van der Waals surface area (Å²) in [6, 6.07) is 11.9. The minimum Gasteiger partial charge on any atom is -0.497 e. The third-order valence-electron chi connectivity index (χ3n) is 4.31. The molecule has 1 aromatic heterocycles. The van der Waals surface area contributed by atoms with E-state index in [1.165, 1.54) is 0 Å². The van der Waals surface area contributed by atoms with Crippen LogP contribution in [0.3, 0.4) is 0 Å². The lowest BCUT2D eigenvalue weighted by Crippen LogP contribution is -2.27. The Kier molecular flexibility index (Phi) is 4.84. The molecule has 2 aromatic carbocycles. The highest BCUT2D eigenvalue weighted by molar-refractivity contribution is 5.95. The molecule has 3 aromatic rings. The van der Waals surface area contributed by atoms with Gasteiger partial charge in [0.05, 0.1) is 7.11 Å². The van der Waals surface area contributed by atoms with Crippen LogP contribution in [-0.4, -0.2) is 36.4 Å². The van der Waals surface area contributed by atoms with Crippen LogP contribution in [-0.2, 0) is 0 Å². The molecule has 0 unspecified atom stereocenters. The summed E-state index contributed by atoms with van der Waals surface area (Å²) in [6.45, 7) is 2.75. The average Bonchev–Trinajstić information content (AvgIpc) is 3.24. The molecule has 0 saturated carbocycles. The third-order valence-corrected chi connectivity index (χ3v) is 4.31. The van der Waals surface area contributed by atoms with Gasteiger partial charge in [-0.3, -0.25) is 4.79 Å². The Hall–Kier alpha value is -3.55. The summed E-state index contributed by atoms with van der Waals surface area (Å²) < 4.78 is 21.4. The highest BCUT2D eigenvalue weighted by atomic mass is 16.6. The lowest BCUT2D eigenvalue weighted by molar-refractivity contribution is 0.0931. The SMILES string of the molecule is COc1ccc(-c2noc([C@H](C)NC(=O)c3ccc4c(c3)OCCO4)n2)cc1. The molecule has 1 amide bonds. The summed E-state index contributed by atoms with van der Waals surface area (Å²) in [5.74, 6) is 2.43. The Labute approximate surface area is 161 Å². The fourth-order valence-corrected chi connectivity index (χ4v) is 2.79. The molecule has 1 N–H and O–H groups in total. The van der Waals surface area contributed by atoms with Gasteiger partial charge in [0, 0.05) is 11.1 Å². The second-order valence-electron chi connectivity index (χ2n) is 6.24. The second-order valence-corrected chi connectivity index (χ2v) is 6.24. The molecule has 144 valence electrons. The Balaban J connectivity index is 1.45. The predicted molar refractivity (Wildman–Crippen MR) is 99.6 cm³/mol. The van der Waals surface area contributed by atoms with E-state index in [0.29, 0.717) is 42.0 Å². The van der Waals surface area contributed by atoms with Crippen LogP contribution in [0.5, 0.6) is 17.2 Å². The van der Waals surface area contributed by atoms with Gasteiger partial charge in [0.25, 0.3) is 5.91 Å². The van der Waals surface area contributed by atoms with E-state index in [2.05, 4.69) is 15.5 Å². The molecule has 1 aliphatic heterocycles. The monoisotopic (exact) mass is 381 g/mol. The van der Waals surface area contributed by atoms with Gasteiger partial charge in [-0.25, -0.2) is 0 Å². The van der Waals surface area contributed by atoms with Crippen molar-refractivity contribution in [1.29, 1.82) is 0 Å². The van der Waals surface area contributed by atoms with Crippen molar-refractivity contribution in [3.8, 4) is 28.6 Å². The Morgan fingerprint density at radius 3 is 2.61 bits per heavy atom. The van der Waals surface area contributed by atoms with Crippen molar-refractivity contribution in [3.63, 3.8) is 0 Å². The fourth-order valence-electron chi connectivity index (χ4n) is 2.79. The smallest absolute Gasteiger partial charge is 0.252 e. The number of nitrogens with one attached hydrogen (secondary N) is 1. The van der Waals surface area contributed by atoms with Crippen LogP contribution in [0.15, 0.2) is 47.0 Å². The number of benzene rings is 2. The molecule has 4 rings (SSSR count). The van der Waals surface area contributed by atoms with Crippen LogP contribution < -0.4 is 19.5 Å². The first-order valence-electron chi connectivity index (χ1n) is 8.82. The van der Waals surface area contributed by atoms with Crippen LogP contribution in [0.4, 0.5) is 0 Å². The van der Waals surface area contributed by atoms with Crippen LogP contribution in [0.1, 0.15) is 29.2 Å². The molecule has 8 nitrogen and oxygen atoms in total. The van der Waals surface area contributed by atoms with Crippen molar-refractivity contribution in [2.45, 2.75) is 13.0 Å². The molecule has 28 heavy (non-hydrogen) atoms. The first kappa shape index (κ1) is 17.8. The van der Waals surface area contributed by atoms with E-state index in [4.69, 9.17) is 18.7 Å². The van der Waals surface area contributed by atoms with E-state index < -0.39 is 6.04 Å². The lowest BCUT2D eigenvalue weighted by atomic mass is 10.1.